The van der Waals surface area contributed by atoms with Crippen LogP contribution in [0.2, 0.25) is 5.02 Å². The third kappa shape index (κ3) is 1.66. The summed E-state index contributed by atoms with van der Waals surface area (Å²) >= 11 is 5.90. The summed E-state index contributed by atoms with van der Waals surface area (Å²) in [6, 6.07) is 9.89. The second-order valence-electron chi connectivity index (χ2n) is 3.58. The molecule has 0 saturated carbocycles. The molecule has 0 aliphatic heterocycles. The van der Waals surface area contributed by atoms with Gasteiger partial charge < -0.3 is 0 Å². The molecular formula is C12H7ClFN3. The van der Waals surface area contributed by atoms with E-state index in [0.717, 1.165) is 0 Å². The smallest absolute Gasteiger partial charge is 0.171 e. The summed E-state index contributed by atoms with van der Waals surface area (Å²) < 4.78 is 15.3. The van der Waals surface area contributed by atoms with Crippen LogP contribution >= 0.6 is 11.6 Å². The maximum atomic E-state index is 13.7. The first-order chi connectivity index (χ1) is 8.25. The Bertz CT molecular complexity index is 693. The predicted molar refractivity (Wildman–Crippen MR) is 63.4 cm³/mol. The first kappa shape index (κ1) is 10.2. The molecule has 0 saturated heterocycles. The first-order valence-corrected chi connectivity index (χ1v) is 5.39. The lowest BCUT2D eigenvalue weighted by Gasteiger charge is -2.01. The van der Waals surface area contributed by atoms with Crippen molar-refractivity contribution < 1.29 is 4.39 Å². The Hall–Kier alpha value is -1.94. The maximum Gasteiger partial charge on any atom is 0.171 e. The monoisotopic (exact) mass is 247 g/mol. The molecular weight excluding hydrogens is 241 g/mol. The van der Waals surface area contributed by atoms with Crippen molar-refractivity contribution in [3.05, 3.63) is 53.4 Å². The van der Waals surface area contributed by atoms with Gasteiger partial charge in [-0.05, 0) is 24.3 Å². The maximum absolute atomic E-state index is 13.7. The standard InChI is InChI=1S/C12H7ClFN3/c13-8-5-6-11-15-16-12(17(11)7-8)9-3-1-2-4-10(9)14/h1-7H. The van der Waals surface area contributed by atoms with E-state index in [2.05, 4.69) is 10.2 Å². The second kappa shape index (κ2) is 3.82. The highest BCUT2D eigenvalue weighted by Gasteiger charge is 2.11. The number of pyridine rings is 1. The molecule has 0 fully saturated rings. The van der Waals surface area contributed by atoms with Crippen LogP contribution in [0.15, 0.2) is 42.6 Å². The van der Waals surface area contributed by atoms with Gasteiger partial charge in [-0.3, -0.25) is 4.40 Å². The van der Waals surface area contributed by atoms with Crippen molar-refractivity contribution in [3.63, 3.8) is 0 Å². The zero-order chi connectivity index (χ0) is 11.8. The van der Waals surface area contributed by atoms with E-state index in [1.807, 2.05) is 0 Å². The average Bonchev–Trinajstić information content (AvgIpc) is 2.72. The summed E-state index contributed by atoms with van der Waals surface area (Å²) in [5.41, 5.74) is 1.04. The van der Waals surface area contributed by atoms with E-state index in [-0.39, 0.29) is 5.82 Å². The molecule has 0 amide bonds. The quantitative estimate of drug-likeness (QED) is 0.661. The summed E-state index contributed by atoms with van der Waals surface area (Å²) in [4.78, 5) is 0. The van der Waals surface area contributed by atoms with Crippen LogP contribution in [0.1, 0.15) is 0 Å². The zero-order valence-corrected chi connectivity index (χ0v) is 9.39. The van der Waals surface area contributed by atoms with Crippen molar-refractivity contribution in [1.29, 1.82) is 0 Å². The third-order valence-corrected chi connectivity index (χ3v) is 2.70. The topological polar surface area (TPSA) is 30.2 Å². The molecule has 84 valence electrons. The van der Waals surface area contributed by atoms with E-state index in [0.29, 0.717) is 22.1 Å². The number of rotatable bonds is 1. The molecule has 2 heterocycles. The highest BCUT2D eigenvalue weighted by molar-refractivity contribution is 6.30. The van der Waals surface area contributed by atoms with Crippen molar-refractivity contribution in [3.8, 4) is 11.4 Å². The zero-order valence-electron chi connectivity index (χ0n) is 8.64. The number of nitrogens with zero attached hydrogens (tertiary/aromatic N) is 3. The lowest BCUT2D eigenvalue weighted by atomic mass is 10.2. The van der Waals surface area contributed by atoms with Gasteiger partial charge in [0.05, 0.1) is 10.6 Å². The number of aromatic nitrogens is 3. The van der Waals surface area contributed by atoms with Crippen LogP contribution in [-0.4, -0.2) is 14.6 Å². The van der Waals surface area contributed by atoms with Gasteiger partial charge in [0.15, 0.2) is 11.5 Å². The van der Waals surface area contributed by atoms with Gasteiger partial charge in [-0.25, -0.2) is 4.39 Å². The van der Waals surface area contributed by atoms with Gasteiger partial charge >= 0.3 is 0 Å². The fraction of sp³-hybridized carbons (Fsp3) is 0. The largest absolute Gasteiger partial charge is 0.281 e. The SMILES string of the molecule is Fc1ccccc1-c1nnc2ccc(Cl)cn12. The van der Waals surface area contributed by atoms with Crippen molar-refractivity contribution in [2.24, 2.45) is 0 Å². The normalized spacial score (nSPS) is 10.9. The van der Waals surface area contributed by atoms with Crippen molar-refractivity contribution in [1.82, 2.24) is 14.6 Å². The average molecular weight is 248 g/mol. The summed E-state index contributed by atoms with van der Waals surface area (Å²) in [6.07, 6.45) is 1.67. The van der Waals surface area contributed by atoms with E-state index in [1.54, 1.807) is 40.9 Å². The van der Waals surface area contributed by atoms with Crippen LogP contribution in [0.4, 0.5) is 4.39 Å². The Kier molecular flexibility index (Phi) is 2.30. The van der Waals surface area contributed by atoms with Gasteiger partial charge in [0.1, 0.15) is 5.82 Å². The van der Waals surface area contributed by atoms with Gasteiger partial charge in [0.2, 0.25) is 0 Å². The number of benzene rings is 1. The molecule has 0 atom stereocenters. The van der Waals surface area contributed by atoms with Crippen LogP contribution in [-0.2, 0) is 0 Å². The molecule has 0 N–H and O–H groups in total. The fourth-order valence-electron chi connectivity index (χ4n) is 1.69. The van der Waals surface area contributed by atoms with E-state index >= 15 is 0 Å². The minimum atomic E-state index is -0.332. The van der Waals surface area contributed by atoms with Crippen molar-refractivity contribution >= 4 is 17.2 Å². The molecule has 5 heteroatoms. The summed E-state index contributed by atoms with van der Waals surface area (Å²) in [5, 5.41) is 8.50. The van der Waals surface area contributed by atoms with E-state index in [9.17, 15) is 4.39 Å². The Labute approximate surface area is 101 Å². The Morgan fingerprint density at radius 1 is 1.06 bits per heavy atom. The minimum Gasteiger partial charge on any atom is -0.281 e. The molecule has 0 bridgehead atoms. The van der Waals surface area contributed by atoms with Crippen LogP contribution in [0.5, 0.6) is 0 Å². The molecule has 1 aromatic carbocycles. The number of fused-ring (bicyclic) bond motifs is 1. The molecule has 0 aliphatic carbocycles. The Morgan fingerprint density at radius 2 is 1.88 bits per heavy atom. The van der Waals surface area contributed by atoms with Crippen LogP contribution in [0.25, 0.3) is 17.0 Å². The van der Waals surface area contributed by atoms with Crippen LogP contribution in [0, 0.1) is 5.82 Å². The molecule has 3 aromatic rings. The van der Waals surface area contributed by atoms with E-state index in [1.165, 1.54) is 6.07 Å². The molecule has 0 spiro atoms. The van der Waals surface area contributed by atoms with Crippen molar-refractivity contribution in [2.75, 3.05) is 0 Å². The summed E-state index contributed by atoms with van der Waals surface area (Å²) in [6.45, 7) is 0. The number of hydrogen-bond donors (Lipinski definition) is 0. The van der Waals surface area contributed by atoms with Gasteiger partial charge in [0.25, 0.3) is 0 Å². The molecule has 0 aliphatic rings. The Balaban J connectivity index is 2.31. The minimum absolute atomic E-state index is 0.332. The van der Waals surface area contributed by atoms with E-state index in [4.69, 9.17) is 11.6 Å². The predicted octanol–water partition coefficient (Wildman–Crippen LogP) is 3.19. The highest BCUT2D eigenvalue weighted by Crippen LogP contribution is 2.22. The summed E-state index contributed by atoms with van der Waals surface area (Å²) in [5.74, 6) is 0.113. The van der Waals surface area contributed by atoms with E-state index < -0.39 is 0 Å². The molecule has 2 aromatic heterocycles. The molecule has 17 heavy (non-hydrogen) atoms. The van der Waals surface area contributed by atoms with Gasteiger partial charge in [-0.1, -0.05) is 23.7 Å². The van der Waals surface area contributed by atoms with Gasteiger partial charge in [0, 0.05) is 6.20 Å². The lowest BCUT2D eigenvalue weighted by molar-refractivity contribution is 0.629. The fourth-order valence-corrected chi connectivity index (χ4v) is 1.85. The third-order valence-electron chi connectivity index (χ3n) is 2.48. The lowest BCUT2D eigenvalue weighted by Crippen LogP contribution is -1.91. The van der Waals surface area contributed by atoms with Crippen LogP contribution < -0.4 is 0 Å². The second-order valence-corrected chi connectivity index (χ2v) is 4.02. The highest BCUT2D eigenvalue weighted by atomic mass is 35.5. The number of halogens is 2. The van der Waals surface area contributed by atoms with Crippen LogP contribution in [0.3, 0.4) is 0 Å². The van der Waals surface area contributed by atoms with Gasteiger partial charge in [-0.15, -0.1) is 10.2 Å². The molecule has 3 rings (SSSR count). The molecule has 0 unspecified atom stereocenters. The molecule has 0 radical (unpaired) electrons. The Morgan fingerprint density at radius 3 is 2.71 bits per heavy atom. The van der Waals surface area contributed by atoms with Crippen molar-refractivity contribution in [2.45, 2.75) is 0 Å². The first-order valence-electron chi connectivity index (χ1n) is 5.01. The summed E-state index contributed by atoms with van der Waals surface area (Å²) in [7, 11) is 0. The van der Waals surface area contributed by atoms with Gasteiger partial charge in [-0.2, -0.15) is 0 Å². The number of hydrogen-bond acceptors (Lipinski definition) is 2. The molecule has 3 nitrogen and oxygen atoms in total.